The lowest BCUT2D eigenvalue weighted by molar-refractivity contribution is 0.0975. The van der Waals surface area contributed by atoms with Crippen LogP contribution in [0.1, 0.15) is 34.3 Å². The number of hydrogen-bond donors (Lipinski definition) is 2. The van der Waals surface area contributed by atoms with Crippen molar-refractivity contribution in [2.24, 2.45) is 4.99 Å². The Labute approximate surface area is 177 Å². The Morgan fingerprint density at radius 1 is 1.10 bits per heavy atom. The molecule has 1 amide bonds. The van der Waals surface area contributed by atoms with Gasteiger partial charge in [-0.2, -0.15) is 0 Å². The van der Waals surface area contributed by atoms with Crippen molar-refractivity contribution < 1.29 is 19.0 Å². The molecule has 3 rings (SSSR count). The number of methoxy groups -OCH3 is 2. The van der Waals surface area contributed by atoms with E-state index in [0.29, 0.717) is 29.6 Å². The fourth-order valence-electron chi connectivity index (χ4n) is 3.20. The molecule has 30 heavy (non-hydrogen) atoms. The summed E-state index contributed by atoms with van der Waals surface area (Å²) in [5.41, 5.74) is 3.66. The van der Waals surface area contributed by atoms with Gasteiger partial charge in [0.25, 0.3) is 5.91 Å². The first-order chi connectivity index (χ1) is 14.5. The molecule has 0 saturated carbocycles. The fraction of sp³-hybridized carbons (Fsp3) is 0.391. The van der Waals surface area contributed by atoms with Crippen LogP contribution < -0.4 is 20.1 Å². The van der Waals surface area contributed by atoms with Crippen LogP contribution in [0, 0.1) is 13.8 Å². The molecule has 0 bridgehead atoms. The molecule has 1 fully saturated rings. The van der Waals surface area contributed by atoms with Crippen LogP contribution in [-0.4, -0.2) is 45.3 Å². The van der Waals surface area contributed by atoms with Crippen LogP contribution in [0.5, 0.6) is 11.5 Å². The zero-order valence-electron chi connectivity index (χ0n) is 18.0. The van der Waals surface area contributed by atoms with E-state index in [0.717, 1.165) is 30.7 Å². The first kappa shape index (κ1) is 21.6. The molecule has 1 heterocycles. The van der Waals surface area contributed by atoms with E-state index in [2.05, 4.69) is 22.5 Å². The second-order valence-corrected chi connectivity index (χ2v) is 7.27. The van der Waals surface area contributed by atoms with Crippen LogP contribution in [0.3, 0.4) is 0 Å². The third kappa shape index (κ3) is 5.51. The quantitative estimate of drug-likeness (QED) is 0.560. The van der Waals surface area contributed by atoms with Gasteiger partial charge in [-0.1, -0.05) is 6.07 Å². The van der Waals surface area contributed by atoms with Gasteiger partial charge in [-0.15, -0.1) is 0 Å². The molecule has 7 nitrogen and oxygen atoms in total. The molecule has 1 atom stereocenters. The highest BCUT2D eigenvalue weighted by Gasteiger charge is 2.17. The first-order valence-electron chi connectivity index (χ1n) is 10.0. The molecular formula is C23H29N3O4. The molecule has 0 radical (unpaired) electrons. The number of carbonyl (C=O) groups is 1. The standard InChI is InChI=1S/C23H29N3O4/c1-15-7-9-18(12-16(15)2)25-23(24-14-19-6-5-11-30-19)26-22(27)17-8-10-20(28-3)21(13-17)29-4/h7-10,12-13,19H,5-6,11,14H2,1-4H3,(H2,24,25,26,27)/t19-/m0/s1. The van der Waals surface area contributed by atoms with E-state index in [4.69, 9.17) is 14.2 Å². The molecule has 0 spiro atoms. The highest BCUT2D eigenvalue weighted by Crippen LogP contribution is 2.27. The summed E-state index contributed by atoms with van der Waals surface area (Å²) in [6.07, 6.45) is 2.10. The number of anilines is 1. The minimum Gasteiger partial charge on any atom is -0.493 e. The monoisotopic (exact) mass is 411 g/mol. The summed E-state index contributed by atoms with van der Waals surface area (Å²) < 4.78 is 16.2. The second-order valence-electron chi connectivity index (χ2n) is 7.27. The van der Waals surface area contributed by atoms with Crippen LogP contribution in [0.25, 0.3) is 0 Å². The molecule has 1 aliphatic heterocycles. The largest absolute Gasteiger partial charge is 0.493 e. The van der Waals surface area contributed by atoms with Crippen molar-refractivity contribution >= 4 is 17.6 Å². The number of ether oxygens (including phenoxy) is 3. The number of nitrogens with zero attached hydrogens (tertiary/aromatic N) is 1. The van der Waals surface area contributed by atoms with Gasteiger partial charge in [0.05, 0.1) is 26.9 Å². The third-order valence-corrected chi connectivity index (χ3v) is 5.12. The zero-order chi connectivity index (χ0) is 21.5. The Hall–Kier alpha value is -3.06. The summed E-state index contributed by atoms with van der Waals surface area (Å²) in [5.74, 6) is 1.15. The summed E-state index contributed by atoms with van der Waals surface area (Å²) in [5, 5.41) is 6.11. The number of aryl methyl sites for hydroxylation is 2. The van der Waals surface area contributed by atoms with Crippen molar-refractivity contribution in [3.05, 3.63) is 53.1 Å². The lowest BCUT2D eigenvalue weighted by Gasteiger charge is -2.15. The lowest BCUT2D eigenvalue weighted by atomic mass is 10.1. The Balaban J connectivity index is 1.79. The number of guanidine groups is 1. The Morgan fingerprint density at radius 3 is 2.57 bits per heavy atom. The van der Waals surface area contributed by atoms with Gasteiger partial charge in [0.15, 0.2) is 11.5 Å². The number of benzene rings is 2. The number of nitrogens with one attached hydrogen (secondary N) is 2. The second kappa shape index (κ2) is 10.1. The van der Waals surface area contributed by atoms with Gasteiger partial charge < -0.3 is 19.5 Å². The Morgan fingerprint density at radius 2 is 1.90 bits per heavy atom. The minimum absolute atomic E-state index is 0.0829. The first-order valence-corrected chi connectivity index (χ1v) is 10.0. The maximum Gasteiger partial charge on any atom is 0.258 e. The molecule has 0 aromatic heterocycles. The SMILES string of the molecule is COc1ccc(C(=O)NC(=NC[C@@H]2CCCO2)Nc2ccc(C)c(C)c2)cc1OC. The number of aliphatic imine (C=N–C) groups is 1. The highest BCUT2D eigenvalue weighted by atomic mass is 16.5. The van der Waals surface area contributed by atoms with Crippen LogP contribution >= 0.6 is 0 Å². The third-order valence-electron chi connectivity index (χ3n) is 5.12. The van der Waals surface area contributed by atoms with Gasteiger partial charge >= 0.3 is 0 Å². The van der Waals surface area contributed by atoms with Crippen LogP contribution in [0.4, 0.5) is 5.69 Å². The number of carbonyl (C=O) groups excluding carboxylic acids is 1. The molecule has 2 N–H and O–H groups in total. The number of amides is 1. The van der Waals surface area contributed by atoms with Gasteiger partial charge in [0, 0.05) is 17.9 Å². The molecule has 0 aliphatic carbocycles. The Kier molecular flexibility index (Phi) is 7.30. The van der Waals surface area contributed by atoms with E-state index < -0.39 is 0 Å². The van der Waals surface area contributed by atoms with Crippen molar-refractivity contribution in [1.82, 2.24) is 5.32 Å². The van der Waals surface area contributed by atoms with Crippen molar-refractivity contribution in [1.29, 1.82) is 0 Å². The van der Waals surface area contributed by atoms with E-state index in [1.54, 1.807) is 25.3 Å². The van der Waals surface area contributed by atoms with E-state index in [9.17, 15) is 4.79 Å². The molecular weight excluding hydrogens is 382 g/mol. The maximum atomic E-state index is 12.9. The van der Waals surface area contributed by atoms with Gasteiger partial charge in [-0.3, -0.25) is 10.1 Å². The predicted molar refractivity (Wildman–Crippen MR) is 118 cm³/mol. The average molecular weight is 412 g/mol. The smallest absolute Gasteiger partial charge is 0.258 e. The summed E-state index contributed by atoms with van der Waals surface area (Å²) in [4.78, 5) is 17.5. The maximum absolute atomic E-state index is 12.9. The summed E-state index contributed by atoms with van der Waals surface area (Å²) in [7, 11) is 3.09. The molecule has 0 unspecified atom stereocenters. The minimum atomic E-state index is -0.293. The summed E-state index contributed by atoms with van der Waals surface area (Å²) in [6.45, 7) is 5.35. The summed E-state index contributed by atoms with van der Waals surface area (Å²) in [6, 6.07) is 11.1. The van der Waals surface area contributed by atoms with E-state index in [1.807, 2.05) is 25.1 Å². The summed E-state index contributed by atoms with van der Waals surface area (Å²) >= 11 is 0. The number of rotatable bonds is 6. The van der Waals surface area contributed by atoms with E-state index >= 15 is 0 Å². The number of hydrogen-bond acceptors (Lipinski definition) is 5. The predicted octanol–water partition coefficient (Wildman–Crippen LogP) is 3.70. The topological polar surface area (TPSA) is 81.2 Å². The van der Waals surface area contributed by atoms with E-state index in [-0.39, 0.29) is 12.0 Å². The van der Waals surface area contributed by atoms with Crippen molar-refractivity contribution in [2.75, 3.05) is 32.7 Å². The normalized spacial score (nSPS) is 16.3. The average Bonchev–Trinajstić information content (AvgIpc) is 3.27. The van der Waals surface area contributed by atoms with Crippen molar-refractivity contribution in [2.45, 2.75) is 32.8 Å². The molecule has 160 valence electrons. The molecule has 1 saturated heterocycles. The molecule has 2 aromatic rings. The van der Waals surface area contributed by atoms with Gasteiger partial charge in [-0.05, 0) is 68.1 Å². The molecule has 7 heteroatoms. The van der Waals surface area contributed by atoms with Gasteiger partial charge in [0.2, 0.25) is 5.96 Å². The van der Waals surface area contributed by atoms with Crippen LogP contribution in [-0.2, 0) is 4.74 Å². The lowest BCUT2D eigenvalue weighted by Crippen LogP contribution is -2.36. The van der Waals surface area contributed by atoms with Crippen molar-refractivity contribution in [3.8, 4) is 11.5 Å². The van der Waals surface area contributed by atoms with Crippen LogP contribution in [0.15, 0.2) is 41.4 Å². The van der Waals surface area contributed by atoms with Gasteiger partial charge in [-0.25, -0.2) is 4.99 Å². The van der Waals surface area contributed by atoms with Crippen LogP contribution in [0.2, 0.25) is 0 Å². The van der Waals surface area contributed by atoms with Crippen molar-refractivity contribution in [3.63, 3.8) is 0 Å². The van der Waals surface area contributed by atoms with Gasteiger partial charge in [0.1, 0.15) is 0 Å². The molecule has 2 aromatic carbocycles. The highest BCUT2D eigenvalue weighted by molar-refractivity contribution is 6.10. The van der Waals surface area contributed by atoms with E-state index in [1.165, 1.54) is 12.7 Å². The zero-order valence-corrected chi connectivity index (χ0v) is 18.0. The fourth-order valence-corrected chi connectivity index (χ4v) is 3.20. The molecule has 1 aliphatic rings. The Bertz CT molecular complexity index is 921.